The van der Waals surface area contributed by atoms with E-state index >= 15 is 0 Å². The molecule has 2 aromatic carbocycles. The fourth-order valence-electron chi connectivity index (χ4n) is 3.05. The highest BCUT2D eigenvalue weighted by atomic mass is 16.5. The number of ether oxygens (including phenoxy) is 1. The van der Waals surface area contributed by atoms with Crippen molar-refractivity contribution >= 4 is 5.97 Å². The molecule has 0 saturated carbocycles. The molecule has 0 unspecified atom stereocenters. The van der Waals surface area contributed by atoms with Crippen LogP contribution in [0.5, 0.6) is 23.0 Å². The monoisotopic (exact) mass is 386 g/mol. The van der Waals surface area contributed by atoms with E-state index in [1.807, 2.05) is 19.1 Å². The molecule has 2 aromatic rings. The highest BCUT2D eigenvalue weighted by Crippen LogP contribution is 2.42. The maximum absolute atomic E-state index is 9.99. The molecule has 28 heavy (non-hydrogen) atoms. The summed E-state index contributed by atoms with van der Waals surface area (Å²) in [7, 11) is 0. The summed E-state index contributed by atoms with van der Waals surface area (Å²) < 4.78 is 6.12. The highest BCUT2D eigenvalue weighted by Gasteiger charge is 2.25. The van der Waals surface area contributed by atoms with Gasteiger partial charge in [-0.2, -0.15) is 0 Å². The van der Waals surface area contributed by atoms with Gasteiger partial charge in [-0.25, -0.2) is 4.79 Å². The van der Waals surface area contributed by atoms with Crippen LogP contribution in [0.3, 0.4) is 0 Å². The zero-order chi connectivity index (χ0) is 21.0. The van der Waals surface area contributed by atoms with Crippen LogP contribution in [0.15, 0.2) is 36.4 Å². The van der Waals surface area contributed by atoms with Crippen LogP contribution in [0, 0.1) is 6.92 Å². The molecular weight excluding hydrogens is 360 g/mol. The lowest BCUT2D eigenvalue weighted by Crippen LogP contribution is -2.16. The molecule has 6 heteroatoms. The first-order valence-electron chi connectivity index (χ1n) is 9.07. The van der Waals surface area contributed by atoms with Crippen molar-refractivity contribution in [3.63, 3.8) is 0 Å². The minimum absolute atomic E-state index is 0.0909. The summed E-state index contributed by atoms with van der Waals surface area (Å²) in [5.74, 6) is -0.145. The Morgan fingerprint density at radius 2 is 1.86 bits per heavy atom. The Hall–Kier alpha value is -3.15. The number of aromatic hydroxyl groups is 3. The lowest BCUT2D eigenvalue weighted by Gasteiger charge is -2.29. The SMILES string of the molecule is C=C(C)C(=O)O.CCc1c(O)ccc2c1O[C@H](c1cc(C)c(O)c(O)c1)CC2. The van der Waals surface area contributed by atoms with Crippen LogP contribution in [0.2, 0.25) is 0 Å². The molecule has 6 nitrogen and oxygen atoms in total. The van der Waals surface area contributed by atoms with Gasteiger partial charge in [-0.05, 0) is 68.0 Å². The molecular formula is C22H26O6. The van der Waals surface area contributed by atoms with E-state index in [-0.39, 0.29) is 28.9 Å². The van der Waals surface area contributed by atoms with Crippen LogP contribution < -0.4 is 4.74 Å². The van der Waals surface area contributed by atoms with Gasteiger partial charge in [0.15, 0.2) is 11.5 Å². The number of hydrogen-bond donors (Lipinski definition) is 4. The average Bonchev–Trinajstić information content (AvgIpc) is 2.65. The van der Waals surface area contributed by atoms with Gasteiger partial charge in [-0.3, -0.25) is 0 Å². The van der Waals surface area contributed by atoms with Gasteiger partial charge in [-0.15, -0.1) is 0 Å². The van der Waals surface area contributed by atoms with Crippen LogP contribution in [0.1, 0.15) is 48.6 Å². The fraction of sp³-hybridized carbons (Fsp3) is 0.318. The smallest absolute Gasteiger partial charge is 0.330 e. The normalized spacial score (nSPS) is 14.9. The Morgan fingerprint density at radius 1 is 1.21 bits per heavy atom. The third-order valence-corrected chi connectivity index (χ3v) is 4.65. The van der Waals surface area contributed by atoms with Crippen molar-refractivity contribution in [2.75, 3.05) is 0 Å². The maximum Gasteiger partial charge on any atom is 0.330 e. The van der Waals surface area contributed by atoms with E-state index in [4.69, 9.17) is 9.84 Å². The predicted octanol–water partition coefficient (Wildman–Crippen LogP) is 4.39. The second-order valence-electron chi connectivity index (χ2n) is 6.84. The number of carboxylic acid groups (broad SMARTS) is 1. The number of aliphatic carboxylic acids is 1. The number of phenols is 3. The summed E-state index contributed by atoms with van der Waals surface area (Å²) in [4.78, 5) is 9.60. The number of aryl methyl sites for hydroxylation is 2. The summed E-state index contributed by atoms with van der Waals surface area (Å²) in [6.07, 6.45) is 2.16. The van der Waals surface area contributed by atoms with Crippen LogP contribution in [-0.4, -0.2) is 26.4 Å². The predicted molar refractivity (Wildman–Crippen MR) is 106 cm³/mol. The quantitative estimate of drug-likeness (QED) is 0.460. The van der Waals surface area contributed by atoms with Crippen LogP contribution in [0.4, 0.5) is 0 Å². The van der Waals surface area contributed by atoms with E-state index in [0.717, 1.165) is 35.3 Å². The van der Waals surface area contributed by atoms with E-state index in [1.54, 1.807) is 19.1 Å². The van der Waals surface area contributed by atoms with Crippen molar-refractivity contribution < 1.29 is 30.0 Å². The molecule has 0 fully saturated rings. The molecule has 0 amide bonds. The summed E-state index contributed by atoms with van der Waals surface area (Å²) in [5, 5.41) is 37.4. The first-order chi connectivity index (χ1) is 13.1. The van der Waals surface area contributed by atoms with E-state index in [9.17, 15) is 20.1 Å². The molecule has 0 bridgehead atoms. The molecule has 0 saturated heterocycles. The molecule has 1 aliphatic rings. The number of carbonyl (C=O) groups is 1. The number of hydrogen-bond acceptors (Lipinski definition) is 5. The third-order valence-electron chi connectivity index (χ3n) is 4.65. The van der Waals surface area contributed by atoms with Gasteiger partial charge >= 0.3 is 5.97 Å². The van der Waals surface area contributed by atoms with E-state index in [2.05, 4.69) is 6.58 Å². The first-order valence-corrected chi connectivity index (χ1v) is 9.07. The van der Waals surface area contributed by atoms with Gasteiger partial charge < -0.3 is 25.2 Å². The van der Waals surface area contributed by atoms with E-state index in [0.29, 0.717) is 12.0 Å². The Labute approximate surface area is 164 Å². The first kappa shape index (κ1) is 21.2. The number of benzene rings is 2. The third kappa shape index (κ3) is 4.57. The number of fused-ring (bicyclic) bond motifs is 1. The molecule has 150 valence electrons. The average molecular weight is 386 g/mol. The number of phenolic OH excluding ortho intramolecular Hbond substituents is 3. The summed E-state index contributed by atoms with van der Waals surface area (Å²) in [6, 6.07) is 7.00. The maximum atomic E-state index is 9.99. The molecule has 3 rings (SSSR count). The Bertz CT molecular complexity index is 865. The molecule has 1 atom stereocenters. The Balaban J connectivity index is 0.000000409. The summed E-state index contributed by atoms with van der Waals surface area (Å²) >= 11 is 0. The van der Waals surface area contributed by atoms with Gasteiger partial charge in [0.2, 0.25) is 0 Å². The van der Waals surface area contributed by atoms with Gasteiger partial charge in [0.25, 0.3) is 0 Å². The minimum atomic E-state index is -0.935. The number of carboxylic acids is 1. The van der Waals surface area contributed by atoms with Crippen molar-refractivity contribution in [3.8, 4) is 23.0 Å². The van der Waals surface area contributed by atoms with Crippen molar-refractivity contribution in [3.05, 3.63) is 58.7 Å². The number of rotatable bonds is 3. The largest absolute Gasteiger partial charge is 0.508 e. The highest BCUT2D eigenvalue weighted by molar-refractivity contribution is 5.84. The Kier molecular flexibility index (Phi) is 6.57. The molecule has 4 N–H and O–H groups in total. The molecule has 0 aromatic heterocycles. The van der Waals surface area contributed by atoms with Crippen molar-refractivity contribution in [2.24, 2.45) is 0 Å². The zero-order valence-corrected chi connectivity index (χ0v) is 16.3. The van der Waals surface area contributed by atoms with Crippen molar-refractivity contribution in [1.29, 1.82) is 0 Å². The second-order valence-corrected chi connectivity index (χ2v) is 6.84. The topological polar surface area (TPSA) is 107 Å². The van der Waals surface area contributed by atoms with E-state index < -0.39 is 5.97 Å². The molecule has 0 radical (unpaired) electrons. The molecule has 1 aliphatic heterocycles. The van der Waals surface area contributed by atoms with Crippen LogP contribution in [0.25, 0.3) is 0 Å². The van der Waals surface area contributed by atoms with Gasteiger partial charge in [0.1, 0.15) is 17.6 Å². The Morgan fingerprint density at radius 3 is 2.39 bits per heavy atom. The molecule has 0 spiro atoms. The lowest BCUT2D eigenvalue weighted by molar-refractivity contribution is -0.132. The van der Waals surface area contributed by atoms with Gasteiger partial charge in [-0.1, -0.05) is 19.6 Å². The van der Waals surface area contributed by atoms with Gasteiger partial charge in [0.05, 0.1) is 0 Å². The lowest BCUT2D eigenvalue weighted by atomic mass is 9.93. The fourth-order valence-corrected chi connectivity index (χ4v) is 3.05. The van der Waals surface area contributed by atoms with Gasteiger partial charge in [0, 0.05) is 11.1 Å². The van der Waals surface area contributed by atoms with Crippen molar-refractivity contribution in [1.82, 2.24) is 0 Å². The standard InChI is InChI=1S/C18H20O4.C4H6O2/c1-3-13-14(19)6-4-11-5-7-16(22-18(11)13)12-8-10(2)17(21)15(20)9-12;1-3(2)4(5)6/h4,6,8-9,16,19-21H,3,5,7H2,1-2H3;1H2,2H3,(H,5,6)/t16-;/m0./s1. The van der Waals surface area contributed by atoms with Crippen LogP contribution in [-0.2, 0) is 17.6 Å². The second kappa shape index (κ2) is 8.69. The van der Waals surface area contributed by atoms with Crippen molar-refractivity contribution in [2.45, 2.75) is 46.1 Å². The van der Waals surface area contributed by atoms with Crippen LogP contribution >= 0.6 is 0 Å². The molecule has 0 aliphatic carbocycles. The molecule has 1 heterocycles. The summed E-state index contributed by atoms with van der Waals surface area (Å²) in [6.45, 7) is 8.34. The zero-order valence-electron chi connectivity index (χ0n) is 16.3. The minimum Gasteiger partial charge on any atom is -0.508 e. The van der Waals surface area contributed by atoms with E-state index in [1.165, 1.54) is 6.92 Å². The summed E-state index contributed by atoms with van der Waals surface area (Å²) in [5.41, 5.74) is 3.56.